The zero-order chi connectivity index (χ0) is 32.3. The molecular formula is C46H29NO2. The molecule has 3 heteroatoms. The average molecular weight is 628 g/mol. The number of hydrogen-bond donors (Lipinski definition) is 0. The first kappa shape index (κ1) is 27.5. The maximum absolute atomic E-state index is 6.82. The van der Waals surface area contributed by atoms with Crippen molar-refractivity contribution < 1.29 is 8.83 Å². The summed E-state index contributed by atoms with van der Waals surface area (Å²) in [7, 11) is 0. The highest BCUT2D eigenvalue weighted by molar-refractivity contribution is 6.17. The van der Waals surface area contributed by atoms with E-state index in [1.165, 1.54) is 16.5 Å². The fraction of sp³-hybridized carbons (Fsp3) is 0. The van der Waals surface area contributed by atoms with Crippen LogP contribution < -0.4 is 4.90 Å². The van der Waals surface area contributed by atoms with E-state index in [0.29, 0.717) is 0 Å². The van der Waals surface area contributed by atoms with E-state index in [2.05, 4.69) is 169 Å². The standard InChI is InChI=1S/C46H29NO2/c1-2-9-30(10-3-1)31-17-23-35(24-18-31)47(42-15-8-14-40-41-28-21-33-11-4-5-12-37(33)45(41)49-46(40)42)36-25-19-32(20-26-36)34-22-27-39-38-13-6-7-16-43(38)48-44(39)29-34/h1-29H. The Hall–Kier alpha value is -6.58. The van der Waals surface area contributed by atoms with Crippen LogP contribution in [0.1, 0.15) is 0 Å². The van der Waals surface area contributed by atoms with Gasteiger partial charge >= 0.3 is 0 Å². The molecule has 0 radical (unpaired) electrons. The first-order chi connectivity index (χ1) is 24.3. The first-order valence-corrected chi connectivity index (χ1v) is 16.6. The number of benzene rings is 8. The molecule has 0 atom stereocenters. The summed E-state index contributed by atoms with van der Waals surface area (Å²) in [5.74, 6) is 0. The van der Waals surface area contributed by atoms with Gasteiger partial charge in [-0.15, -0.1) is 0 Å². The lowest BCUT2D eigenvalue weighted by Crippen LogP contribution is -2.10. The summed E-state index contributed by atoms with van der Waals surface area (Å²) in [6.45, 7) is 0. The SMILES string of the molecule is c1ccc(-c2ccc(N(c3ccc(-c4ccc5c(c4)oc4ccccc45)cc3)c3cccc4c3oc3c5ccccc5ccc43)cc2)cc1. The van der Waals surface area contributed by atoms with Gasteiger partial charge in [-0.05, 0) is 82.2 Å². The topological polar surface area (TPSA) is 29.5 Å². The predicted molar refractivity (Wildman–Crippen MR) is 204 cm³/mol. The smallest absolute Gasteiger partial charge is 0.159 e. The molecule has 8 aromatic carbocycles. The fourth-order valence-corrected chi connectivity index (χ4v) is 7.26. The normalized spacial score (nSPS) is 11.7. The van der Waals surface area contributed by atoms with Crippen molar-refractivity contribution in [1.29, 1.82) is 0 Å². The molecule has 49 heavy (non-hydrogen) atoms. The van der Waals surface area contributed by atoms with Crippen molar-refractivity contribution in [1.82, 2.24) is 0 Å². The van der Waals surface area contributed by atoms with E-state index in [-0.39, 0.29) is 0 Å². The number of fused-ring (bicyclic) bond motifs is 8. The number of hydrogen-bond acceptors (Lipinski definition) is 3. The van der Waals surface area contributed by atoms with E-state index < -0.39 is 0 Å². The summed E-state index contributed by atoms with van der Waals surface area (Å²) >= 11 is 0. The van der Waals surface area contributed by atoms with Crippen LogP contribution in [0.15, 0.2) is 185 Å². The van der Waals surface area contributed by atoms with Crippen LogP contribution in [0.5, 0.6) is 0 Å². The molecule has 0 aliphatic heterocycles. The summed E-state index contributed by atoms with van der Waals surface area (Å²) in [6, 6.07) is 62.0. The van der Waals surface area contributed by atoms with Crippen molar-refractivity contribution in [3.63, 3.8) is 0 Å². The zero-order valence-electron chi connectivity index (χ0n) is 26.5. The van der Waals surface area contributed by atoms with Gasteiger partial charge in [0, 0.05) is 38.3 Å². The molecule has 0 spiro atoms. The Bertz CT molecular complexity index is 2810. The molecule has 230 valence electrons. The summed E-state index contributed by atoms with van der Waals surface area (Å²) in [4.78, 5) is 2.30. The van der Waals surface area contributed by atoms with Gasteiger partial charge in [-0.3, -0.25) is 0 Å². The Morgan fingerprint density at radius 2 is 0.898 bits per heavy atom. The van der Waals surface area contributed by atoms with Gasteiger partial charge in [0.2, 0.25) is 0 Å². The lowest BCUT2D eigenvalue weighted by atomic mass is 10.0. The van der Waals surface area contributed by atoms with Crippen molar-refractivity contribution >= 4 is 71.7 Å². The molecule has 0 saturated heterocycles. The molecular weight excluding hydrogens is 599 g/mol. The third-order valence-electron chi connectivity index (χ3n) is 9.68. The third kappa shape index (κ3) is 4.51. The quantitative estimate of drug-likeness (QED) is 0.190. The summed E-state index contributed by atoms with van der Waals surface area (Å²) < 4.78 is 13.0. The van der Waals surface area contributed by atoms with E-state index in [1.54, 1.807) is 0 Å². The molecule has 0 N–H and O–H groups in total. The molecule has 0 bridgehead atoms. The second-order valence-corrected chi connectivity index (χ2v) is 12.5. The minimum Gasteiger partial charge on any atom is -0.456 e. The number of nitrogens with zero attached hydrogens (tertiary/aromatic N) is 1. The fourth-order valence-electron chi connectivity index (χ4n) is 7.26. The van der Waals surface area contributed by atoms with Gasteiger partial charge < -0.3 is 13.7 Å². The molecule has 2 heterocycles. The van der Waals surface area contributed by atoms with Gasteiger partial charge in [-0.1, -0.05) is 121 Å². The van der Waals surface area contributed by atoms with Crippen LogP contribution in [0.2, 0.25) is 0 Å². The van der Waals surface area contributed by atoms with Crippen LogP contribution in [0.25, 0.3) is 76.9 Å². The van der Waals surface area contributed by atoms with Crippen LogP contribution >= 0.6 is 0 Å². The number of anilines is 3. The first-order valence-electron chi connectivity index (χ1n) is 16.6. The minimum absolute atomic E-state index is 0.861. The van der Waals surface area contributed by atoms with Gasteiger partial charge in [-0.2, -0.15) is 0 Å². The van der Waals surface area contributed by atoms with Gasteiger partial charge in [0.15, 0.2) is 5.58 Å². The summed E-state index contributed by atoms with van der Waals surface area (Å²) in [6.07, 6.45) is 0. The largest absolute Gasteiger partial charge is 0.456 e. The van der Waals surface area contributed by atoms with E-state index >= 15 is 0 Å². The number of rotatable bonds is 5. The molecule has 0 aliphatic carbocycles. The highest BCUT2D eigenvalue weighted by Crippen LogP contribution is 2.44. The predicted octanol–water partition coefficient (Wildman–Crippen LogP) is 13.4. The second-order valence-electron chi connectivity index (χ2n) is 12.5. The molecule has 0 aliphatic rings. The maximum Gasteiger partial charge on any atom is 0.159 e. The molecule has 0 amide bonds. The average Bonchev–Trinajstić information content (AvgIpc) is 3.75. The van der Waals surface area contributed by atoms with Crippen molar-refractivity contribution in [2.24, 2.45) is 0 Å². The van der Waals surface area contributed by atoms with Crippen LogP contribution in [0.3, 0.4) is 0 Å². The lowest BCUT2D eigenvalue weighted by molar-refractivity contribution is 0.669. The monoisotopic (exact) mass is 627 g/mol. The van der Waals surface area contributed by atoms with Gasteiger partial charge in [0.05, 0.1) is 5.69 Å². The summed E-state index contributed by atoms with van der Waals surface area (Å²) in [5.41, 5.74) is 11.3. The van der Waals surface area contributed by atoms with Crippen LogP contribution in [0.4, 0.5) is 17.1 Å². The Kier molecular flexibility index (Phi) is 6.18. The van der Waals surface area contributed by atoms with Crippen molar-refractivity contribution in [3.8, 4) is 22.3 Å². The molecule has 10 aromatic rings. The zero-order valence-corrected chi connectivity index (χ0v) is 26.5. The van der Waals surface area contributed by atoms with E-state index in [1.807, 2.05) is 12.1 Å². The van der Waals surface area contributed by atoms with Gasteiger partial charge in [0.1, 0.15) is 16.7 Å². The highest BCUT2D eigenvalue weighted by Gasteiger charge is 2.20. The van der Waals surface area contributed by atoms with Gasteiger partial charge in [0.25, 0.3) is 0 Å². The van der Waals surface area contributed by atoms with Gasteiger partial charge in [-0.25, -0.2) is 0 Å². The Balaban J connectivity index is 1.12. The van der Waals surface area contributed by atoms with Crippen molar-refractivity contribution in [2.75, 3.05) is 4.90 Å². The Morgan fingerprint density at radius 1 is 0.327 bits per heavy atom. The Labute approximate surface area is 282 Å². The van der Waals surface area contributed by atoms with Crippen LogP contribution in [-0.2, 0) is 0 Å². The number of furan rings is 2. The molecule has 0 fully saturated rings. The summed E-state index contributed by atoms with van der Waals surface area (Å²) in [5, 5.41) is 6.77. The molecule has 0 unspecified atom stereocenters. The Morgan fingerprint density at radius 3 is 1.69 bits per heavy atom. The van der Waals surface area contributed by atoms with E-state index in [9.17, 15) is 0 Å². The lowest BCUT2D eigenvalue weighted by Gasteiger charge is -2.26. The second kappa shape index (κ2) is 11.0. The molecule has 10 rings (SSSR count). The molecule has 0 saturated carbocycles. The molecule has 2 aromatic heterocycles. The number of para-hydroxylation sites is 2. The van der Waals surface area contributed by atoms with Crippen molar-refractivity contribution in [3.05, 3.63) is 176 Å². The van der Waals surface area contributed by atoms with E-state index in [0.717, 1.165) is 77.5 Å². The van der Waals surface area contributed by atoms with Crippen LogP contribution in [0, 0.1) is 0 Å². The molecule has 3 nitrogen and oxygen atoms in total. The maximum atomic E-state index is 6.82. The third-order valence-corrected chi connectivity index (χ3v) is 9.68. The van der Waals surface area contributed by atoms with Crippen molar-refractivity contribution in [2.45, 2.75) is 0 Å². The van der Waals surface area contributed by atoms with E-state index in [4.69, 9.17) is 8.83 Å². The van der Waals surface area contributed by atoms with Crippen LogP contribution in [-0.4, -0.2) is 0 Å². The minimum atomic E-state index is 0.861. The highest BCUT2D eigenvalue weighted by atomic mass is 16.3.